The minimum Gasteiger partial charge on any atom is -0.458 e. The molecule has 1 saturated carbocycles. The molecule has 1 aromatic rings. The van der Waals surface area contributed by atoms with E-state index in [-0.39, 0.29) is 17.5 Å². The largest absolute Gasteiger partial charge is 0.458 e. The second-order valence-corrected chi connectivity index (χ2v) is 6.70. The van der Waals surface area contributed by atoms with E-state index in [4.69, 9.17) is 10.5 Å². The van der Waals surface area contributed by atoms with Crippen LogP contribution in [0.3, 0.4) is 0 Å². The summed E-state index contributed by atoms with van der Waals surface area (Å²) in [4.78, 5) is 16.2. The highest BCUT2D eigenvalue weighted by Gasteiger charge is 2.34. The van der Waals surface area contributed by atoms with Crippen LogP contribution in [0.15, 0.2) is 18.3 Å². The molecule has 0 aromatic carbocycles. The number of nitrogens with zero attached hydrogens (tertiary/aromatic N) is 1. The number of carbonyl (C=O) groups is 1. The van der Waals surface area contributed by atoms with Gasteiger partial charge in [0.1, 0.15) is 11.8 Å². The molecule has 0 amide bonds. The monoisotopic (exact) mass is 276 g/mol. The van der Waals surface area contributed by atoms with Gasteiger partial charge in [-0.25, -0.2) is 9.78 Å². The number of hydrogen-bond acceptors (Lipinski definition) is 4. The zero-order valence-electron chi connectivity index (χ0n) is 12.6. The summed E-state index contributed by atoms with van der Waals surface area (Å²) in [5.74, 6) is 0.257. The molecule has 110 valence electrons. The quantitative estimate of drug-likeness (QED) is 0.862. The van der Waals surface area contributed by atoms with Crippen molar-refractivity contribution in [2.75, 3.05) is 0 Å². The third kappa shape index (κ3) is 3.79. The predicted octanol–water partition coefficient (Wildman–Crippen LogP) is 2.91. The number of nitrogens with two attached hydrogens (primary N) is 1. The van der Waals surface area contributed by atoms with Gasteiger partial charge in [0.2, 0.25) is 0 Å². The molecule has 1 aliphatic carbocycles. The van der Waals surface area contributed by atoms with Gasteiger partial charge in [0.25, 0.3) is 0 Å². The van der Waals surface area contributed by atoms with E-state index < -0.39 is 0 Å². The minimum absolute atomic E-state index is 0.00256. The van der Waals surface area contributed by atoms with E-state index in [1.54, 1.807) is 12.3 Å². The van der Waals surface area contributed by atoms with E-state index in [0.29, 0.717) is 18.2 Å². The molecule has 1 aliphatic rings. The number of esters is 1. The average molecular weight is 276 g/mol. The molecule has 2 N–H and O–H groups in total. The number of aromatic nitrogens is 1. The lowest BCUT2D eigenvalue weighted by Gasteiger charge is -2.38. The van der Waals surface area contributed by atoms with Crippen molar-refractivity contribution in [3.05, 3.63) is 29.6 Å². The molecule has 1 aromatic heterocycles. The third-order valence-corrected chi connectivity index (χ3v) is 3.89. The average Bonchev–Trinajstić information content (AvgIpc) is 2.36. The van der Waals surface area contributed by atoms with Crippen LogP contribution in [0.1, 0.15) is 56.1 Å². The first kappa shape index (κ1) is 15.0. The zero-order valence-corrected chi connectivity index (χ0v) is 12.6. The molecule has 2 rings (SSSR count). The summed E-state index contributed by atoms with van der Waals surface area (Å²) < 4.78 is 5.62. The molecule has 0 aliphatic heterocycles. The Labute approximate surface area is 120 Å². The van der Waals surface area contributed by atoms with Crippen LogP contribution in [0.4, 0.5) is 0 Å². The van der Waals surface area contributed by atoms with Gasteiger partial charge in [0.05, 0.1) is 0 Å². The summed E-state index contributed by atoms with van der Waals surface area (Å²) in [5, 5.41) is 0. The lowest BCUT2D eigenvalue weighted by molar-refractivity contribution is -0.00766. The summed E-state index contributed by atoms with van der Waals surface area (Å²) in [7, 11) is 0. The molecular weight excluding hydrogens is 252 g/mol. The Morgan fingerprint density at radius 1 is 1.45 bits per heavy atom. The molecule has 1 heterocycles. The SMILES string of the molecule is CC1CC(OC(=O)c2ccc(CN)cn2)CC(C)(C)C1. The third-order valence-electron chi connectivity index (χ3n) is 3.89. The topological polar surface area (TPSA) is 65.2 Å². The van der Waals surface area contributed by atoms with Gasteiger partial charge in [-0.2, -0.15) is 0 Å². The number of rotatable bonds is 3. The van der Waals surface area contributed by atoms with Gasteiger partial charge < -0.3 is 10.5 Å². The van der Waals surface area contributed by atoms with Crippen molar-refractivity contribution in [1.29, 1.82) is 0 Å². The van der Waals surface area contributed by atoms with Crippen LogP contribution in [0.5, 0.6) is 0 Å². The van der Waals surface area contributed by atoms with E-state index in [2.05, 4.69) is 25.8 Å². The highest BCUT2D eigenvalue weighted by molar-refractivity contribution is 5.87. The molecule has 2 atom stereocenters. The second kappa shape index (κ2) is 5.92. The Morgan fingerprint density at radius 3 is 2.75 bits per heavy atom. The predicted molar refractivity (Wildman–Crippen MR) is 78.1 cm³/mol. The standard InChI is InChI=1S/C16H24N2O2/c1-11-6-13(8-16(2,3)7-11)20-15(19)14-5-4-12(9-17)10-18-14/h4-5,10-11,13H,6-9,17H2,1-3H3. The van der Waals surface area contributed by atoms with Crippen LogP contribution in [0.25, 0.3) is 0 Å². The van der Waals surface area contributed by atoms with Crippen LogP contribution in [0.2, 0.25) is 0 Å². The highest BCUT2D eigenvalue weighted by Crippen LogP contribution is 2.39. The maximum absolute atomic E-state index is 12.1. The molecule has 0 spiro atoms. The molecule has 4 heteroatoms. The summed E-state index contributed by atoms with van der Waals surface area (Å²) >= 11 is 0. The van der Waals surface area contributed by atoms with Crippen molar-refractivity contribution in [1.82, 2.24) is 4.98 Å². The zero-order chi connectivity index (χ0) is 14.8. The number of hydrogen-bond donors (Lipinski definition) is 1. The van der Waals surface area contributed by atoms with Crippen molar-refractivity contribution < 1.29 is 9.53 Å². The Morgan fingerprint density at radius 2 is 2.20 bits per heavy atom. The molecule has 0 radical (unpaired) electrons. The van der Waals surface area contributed by atoms with Gasteiger partial charge in [0.15, 0.2) is 0 Å². The molecule has 2 unspecified atom stereocenters. The van der Waals surface area contributed by atoms with Gasteiger partial charge in [-0.1, -0.05) is 26.8 Å². The van der Waals surface area contributed by atoms with Crippen molar-refractivity contribution in [2.24, 2.45) is 17.1 Å². The van der Waals surface area contributed by atoms with Crippen molar-refractivity contribution in [3.63, 3.8) is 0 Å². The smallest absolute Gasteiger partial charge is 0.357 e. The maximum atomic E-state index is 12.1. The fourth-order valence-electron chi connectivity index (χ4n) is 3.23. The number of ether oxygens (including phenoxy) is 1. The lowest BCUT2D eigenvalue weighted by Crippen LogP contribution is -2.34. The van der Waals surface area contributed by atoms with E-state index >= 15 is 0 Å². The highest BCUT2D eigenvalue weighted by atomic mass is 16.5. The van der Waals surface area contributed by atoms with Gasteiger partial charge in [-0.05, 0) is 42.2 Å². The maximum Gasteiger partial charge on any atom is 0.357 e. The Kier molecular flexibility index (Phi) is 4.43. The molecule has 0 bridgehead atoms. The summed E-state index contributed by atoms with van der Waals surface area (Å²) in [5.41, 5.74) is 7.02. The molecule has 4 nitrogen and oxygen atoms in total. The van der Waals surface area contributed by atoms with Gasteiger partial charge in [0, 0.05) is 12.7 Å². The first-order valence-corrected chi connectivity index (χ1v) is 7.25. The molecule has 1 fully saturated rings. The Hall–Kier alpha value is -1.42. The second-order valence-electron chi connectivity index (χ2n) is 6.70. The molecule has 20 heavy (non-hydrogen) atoms. The first-order chi connectivity index (χ1) is 9.39. The minimum atomic E-state index is -0.330. The van der Waals surface area contributed by atoms with Crippen LogP contribution in [-0.2, 0) is 11.3 Å². The normalized spacial score (nSPS) is 25.2. The van der Waals surface area contributed by atoms with Gasteiger partial charge >= 0.3 is 5.97 Å². The van der Waals surface area contributed by atoms with Gasteiger partial charge in [-0.3, -0.25) is 0 Å². The Bertz CT molecular complexity index is 468. The van der Waals surface area contributed by atoms with E-state index in [0.717, 1.165) is 18.4 Å². The number of carbonyl (C=O) groups excluding carboxylic acids is 1. The van der Waals surface area contributed by atoms with Gasteiger partial charge in [-0.15, -0.1) is 0 Å². The van der Waals surface area contributed by atoms with Crippen LogP contribution < -0.4 is 5.73 Å². The fraction of sp³-hybridized carbons (Fsp3) is 0.625. The van der Waals surface area contributed by atoms with Crippen LogP contribution >= 0.6 is 0 Å². The summed E-state index contributed by atoms with van der Waals surface area (Å²) in [6.07, 6.45) is 4.67. The van der Waals surface area contributed by atoms with Crippen molar-refractivity contribution in [3.8, 4) is 0 Å². The molecular formula is C16H24N2O2. The van der Waals surface area contributed by atoms with Crippen LogP contribution in [-0.4, -0.2) is 17.1 Å². The Balaban J connectivity index is 1.99. The fourth-order valence-corrected chi connectivity index (χ4v) is 3.23. The number of pyridine rings is 1. The molecule has 0 saturated heterocycles. The van der Waals surface area contributed by atoms with Crippen LogP contribution in [0, 0.1) is 11.3 Å². The summed E-state index contributed by atoms with van der Waals surface area (Å²) in [6, 6.07) is 3.50. The van der Waals surface area contributed by atoms with Crippen molar-refractivity contribution in [2.45, 2.75) is 52.7 Å². The van der Waals surface area contributed by atoms with E-state index in [1.807, 2.05) is 6.07 Å². The first-order valence-electron chi connectivity index (χ1n) is 7.25. The van der Waals surface area contributed by atoms with E-state index in [1.165, 1.54) is 6.42 Å². The summed E-state index contributed by atoms with van der Waals surface area (Å²) in [6.45, 7) is 7.11. The van der Waals surface area contributed by atoms with E-state index in [9.17, 15) is 4.79 Å². The lowest BCUT2D eigenvalue weighted by atomic mass is 9.71. The van der Waals surface area contributed by atoms with Crippen molar-refractivity contribution >= 4 is 5.97 Å².